The van der Waals surface area contributed by atoms with E-state index in [9.17, 15) is 0 Å². The molecule has 0 aliphatic carbocycles. The van der Waals surface area contributed by atoms with Gasteiger partial charge in [-0.05, 0) is 22.3 Å². The van der Waals surface area contributed by atoms with Crippen LogP contribution in [0, 0.1) is 0 Å². The van der Waals surface area contributed by atoms with E-state index in [1.165, 1.54) is 22.3 Å². The zero-order chi connectivity index (χ0) is 13.6. The van der Waals surface area contributed by atoms with Gasteiger partial charge in [-0.3, -0.25) is 0 Å². The standard InChI is InChI=1S/C16H16S4/c1-3-13-7-14(4-1)10-18-20-12-16-6-2-5-15(8-16)11-19-17-9-13/h1-8H,9-12H2. The summed E-state index contributed by atoms with van der Waals surface area (Å²) in [7, 11) is 7.83. The van der Waals surface area contributed by atoms with E-state index >= 15 is 0 Å². The Labute approximate surface area is 136 Å². The topological polar surface area (TPSA) is 0 Å². The molecule has 0 amide bonds. The minimum absolute atomic E-state index is 1.09. The maximum absolute atomic E-state index is 2.35. The number of benzene rings is 2. The summed E-state index contributed by atoms with van der Waals surface area (Å²) < 4.78 is 0. The first-order valence-electron chi connectivity index (χ1n) is 6.54. The van der Waals surface area contributed by atoms with E-state index in [4.69, 9.17) is 0 Å². The zero-order valence-electron chi connectivity index (χ0n) is 11.1. The molecule has 0 saturated heterocycles. The summed E-state index contributed by atoms with van der Waals surface area (Å²) in [5, 5.41) is 0. The number of hydrogen-bond acceptors (Lipinski definition) is 4. The van der Waals surface area contributed by atoms with Crippen LogP contribution in [0.15, 0.2) is 48.5 Å². The summed E-state index contributed by atoms with van der Waals surface area (Å²) >= 11 is 0. The molecule has 0 N–H and O–H groups in total. The van der Waals surface area contributed by atoms with Crippen LogP contribution in [-0.2, 0) is 23.0 Å². The third-order valence-corrected chi connectivity index (χ3v) is 7.60. The average molecular weight is 337 g/mol. The minimum Gasteiger partial charge on any atom is -0.0890 e. The van der Waals surface area contributed by atoms with Gasteiger partial charge < -0.3 is 0 Å². The van der Waals surface area contributed by atoms with E-state index in [-0.39, 0.29) is 0 Å². The normalized spacial score (nSPS) is 16.4. The molecule has 0 nitrogen and oxygen atoms in total. The Morgan fingerprint density at radius 3 is 1.10 bits per heavy atom. The van der Waals surface area contributed by atoms with Gasteiger partial charge in [0.1, 0.15) is 0 Å². The van der Waals surface area contributed by atoms with E-state index < -0.39 is 0 Å². The van der Waals surface area contributed by atoms with Gasteiger partial charge >= 0.3 is 0 Å². The first-order chi connectivity index (χ1) is 9.90. The number of hydrogen-bond donors (Lipinski definition) is 0. The fourth-order valence-electron chi connectivity index (χ4n) is 2.06. The monoisotopic (exact) mass is 336 g/mol. The zero-order valence-corrected chi connectivity index (χ0v) is 14.3. The Hall–Kier alpha value is -0.160. The van der Waals surface area contributed by atoms with Crippen molar-refractivity contribution in [1.82, 2.24) is 0 Å². The molecule has 3 rings (SSSR count). The summed E-state index contributed by atoms with van der Waals surface area (Å²) in [6.07, 6.45) is 0. The van der Waals surface area contributed by atoms with Gasteiger partial charge in [-0.25, -0.2) is 0 Å². The molecule has 2 aromatic rings. The SMILES string of the molecule is c1cc2cc(c1)CSSCc1cccc(c1)CSSC2. The lowest BCUT2D eigenvalue weighted by Gasteiger charge is -2.08. The molecular weight excluding hydrogens is 320 g/mol. The maximum Gasteiger partial charge on any atom is 0.0288 e. The van der Waals surface area contributed by atoms with Gasteiger partial charge in [-0.2, -0.15) is 0 Å². The van der Waals surface area contributed by atoms with Crippen molar-refractivity contribution >= 4 is 43.2 Å². The molecule has 0 unspecified atom stereocenters. The average Bonchev–Trinajstić information content (AvgIpc) is 2.48. The Morgan fingerprint density at radius 1 is 0.500 bits per heavy atom. The van der Waals surface area contributed by atoms with E-state index in [1.807, 2.05) is 43.2 Å². The molecule has 20 heavy (non-hydrogen) atoms. The molecule has 0 radical (unpaired) electrons. The van der Waals surface area contributed by atoms with Gasteiger partial charge in [0.2, 0.25) is 0 Å². The Balaban J connectivity index is 1.73. The highest BCUT2D eigenvalue weighted by Gasteiger charge is 2.03. The van der Waals surface area contributed by atoms with E-state index in [1.54, 1.807) is 0 Å². The predicted octanol–water partition coefficient (Wildman–Crippen LogP) is 6.16. The predicted molar refractivity (Wildman–Crippen MR) is 98.1 cm³/mol. The van der Waals surface area contributed by atoms with Gasteiger partial charge in [0.15, 0.2) is 0 Å². The van der Waals surface area contributed by atoms with E-state index in [2.05, 4.69) is 48.5 Å². The molecule has 4 bridgehead atoms. The highest BCUT2D eigenvalue weighted by molar-refractivity contribution is 8.76. The third-order valence-electron chi connectivity index (χ3n) is 3.05. The van der Waals surface area contributed by atoms with Crippen molar-refractivity contribution < 1.29 is 0 Å². The van der Waals surface area contributed by atoms with Crippen molar-refractivity contribution in [2.75, 3.05) is 0 Å². The van der Waals surface area contributed by atoms with Gasteiger partial charge in [-0.15, -0.1) is 0 Å². The molecule has 0 aromatic heterocycles. The van der Waals surface area contributed by atoms with Crippen LogP contribution in [0.25, 0.3) is 0 Å². The van der Waals surface area contributed by atoms with Crippen LogP contribution in [0.5, 0.6) is 0 Å². The van der Waals surface area contributed by atoms with Crippen LogP contribution < -0.4 is 0 Å². The molecule has 0 spiro atoms. The summed E-state index contributed by atoms with van der Waals surface area (Å²) in [6.45, 7) is 0. The summed E-state index contributed by atoms with van der Waals surface area (Å²) in [6, 6.07) is 18.0. The van der Waals surface area contributed by atoms with Crippen LogP contribution in [0.2, 0.25) is 0 Å². The maximum atomic E-state index is 2.35. The van der Waals surface area contributed by atoms with E-state index in [0.29, 0.717) is 0 Å². The van der Waals surface area contributed by atoms with Crippen LogP contribution in [0.4, 0.5) is 0 Å². The van der Waals surface area contributed by atoms with Crippen LogP contribution in [0.1, 0.15) is 22.3 Å². The summed E-state index contributed by atoms with van der Waals surface area (Å²) in [5.41, 5.74) is 5.76. The van der Waals surface area contributed by atoms with Gasteiger partial charge in [-0.1, -0.05) is 91.7 Å². The quantitative estimate of drug-likeness (QED) is 0.528. The smallest absolute Gasteiger partial charge is 0.0288 e. The first-order valence-corrected chi connectivity index (χ1v) is 11.5. The number of rotatable bonds is 0. The third kappa shape index (κ3) is 4.42. The summed E-state index contributed by atoms with van der Waals surface area (Å²) in [4.78, 5) is 0. The Kier molecular flexibility index (Phi) is 5.71. The van der Waals surface area contributed by atoms with Gasteiger partial charge in [0.05, 0.1) is 0 Å². The fraction of sp³-hybridized carbons (Fsp3) is 0.250. The van der Waals surface area contributed by atoms with Crippen molar-refractivity contribution in [1.29, 1.82) is 0 Å². The van der Waals surface area contributed by atoms with Crippen molar-refractivity contribution in [3.63, 3.8) is 0 Å². The van der Waals surface area contributed by atoms with Crippen molar-refractivity contribution in [2.24, 2.45) is 0 Å². The molecule has 104 valence electrons. The second-order valence-corrected chi connectivity index (χ2v) is 9.61. The van der Waals surface area contributed by atoms with Gasteiger partial charge in [0.25, 0.3) is 0 Å². The molecule has 4 heteroatoms. The second kappa shape index (κ2) is 7.74. The van der Waals surface area contributed by atoms with Crippen molar-refractivity contribution in [2.45, 2.75) is 23.0 Å². The first kappa shape index (κ1) is 14.8. The second-order valence-electron chi connectivity index (χ2n) is 4.69. The molecule has 1 aliphatic heterocycles. The largest absolute Gasteiger partial charge is 0.0890 e. The molecule has 1 aliphatic rings. The number of fused-ring (bicyclic) bond motifs is 4. The van der Waals surface area contributed by atoms with Crippen molar-refractivity contribution in [3.05, 3.63) is 70.8 Å². The molecule has 0 atom stereocenters. The van der Waals surface area contributed by atoms with Crippen molar-refractivity contribution in [3.8, 4) is 0 Å². The highest BCUT2D eigenvalue weighted by Crippen LogP contribution is 2.33. The van der Waals surface area contributed by atoms with Crippen LogP contribution >= 0.6 is 43.2 Å². The molecule has 0 saturated carbocycles. The van der Waals surface area contributed by atoms with Crippen LogP contribution in [-0.4, -0.2) is 0 Å². The molecule has 1 heterocycles. The highest BCUT2D eigenvalue weighted by atomic mass is 33.1. The lowest BCUT2D eigenvalue weighted by Crippen LogP contribution is -1.87. The minimum atomic E-state index is 1.09. The molecule has 0 fully saturated rings. The molecular formula is C16H16S4. The van der Waals surface area contributed by atoms with Gasteiger partial charge in [0, 0.05) is 23.0 Å². The Morgan fingerprint density at radius 2 is 0.800 bits per heavy atom. The fourth-order valence-corrected chi connectivity index (χ4v) is 6.29. The lowest BCUT2D eigenvalue weighted by atomic mass is 10.2. The van der Waals surface area contributed by atoms with Crippen LogP contribution in [0.3, 0.4) is 0 Å². The summed E-state index contributed by atoms with van der Waals surface area (Å²) in [5.74, 6) is 4.37. The lowest BCUT2D eigenvalue weighted by molar-refractivity contribution is 1.33. The molecule has 2 aromatic carbocycles. The Bertz CT molecular complexity index is 474. The van der Waals surface area contributed by atoms with E-state index in [0.717, 1.165) is 23.0 Å².